The fourth-order valence-corrected chi connectivity index (χ4v) is 5.48. The number of carbonyl (C=O) groups is 3. The van der Waals surface area contributed by atoms with E-state index in [2.05, 4.69) is 20.5 Å². The highest BCUT2D eigenvalue weighted by molar-refractivity contribution is 6.30. The van der Waals surface area contributed by atoms with Gasteiger partial charge in [0.25, 0.3) is 5.91 Å². The summed E-state index contributed by atoms with van der Waals surface area (Å²) in [4.78, 5) is 52.9. The Morgan fingerprint density at radius 2 is 1.55 bits per heavy atom. The van der Waals surface area contributed by atoms with Crippen LogP contribution >= 0.6 is 11.6 Å². The largest absolute Gasteiger partial charge is 0.368 e. The summed E-state index contributed by atoms with van der Waals surface area (Å²) in [5.41, 5.74) is 1.53. The third-order valence-corrected chi connectivity index (χ3v) is 7.94. The molecule has 2 saturated heterocycles. The van der Waals surface area contributed by atoms with E-state index in [1.165, 1.54) is 6.92 Å². The number of anilines is 2. The second-order valence-corrected chi connectivity index (χ2v) is 11.0. The quantitative estimate of drug-likeness (QED) is 0.387. The van der Waals surface area contributed by atoms with E-state index in [1.807, 2.05) is 70.5 Å². The zero-order valence-corrected chi connectivity index (χ0v) is 24.5. The number of hydrogen-bond donors (Lipinski definition) is 2. The van der Waals surface area contributed by atoms with Crippen LogP contribution in [0, 0.1) is 5.92 Å². The molecule has 3 heterocycles. The molecule has 0 spiro atoms. The lowest BCUT2D eigenvalue weighted by Gasteiger charge is -2.39. The Balaban J connectivity index is 1.19. The summed E-state index contributed by atoms with van der Waals surface area (Å²) < 4.78 is 0. The van der Waals surface area contributed by atoms with Gasteiger partial charge in [-0.1, -0.05) is 29.8 Å². The maximum absolute atomic E-state index is 13.4. The molecule has 0 aliphatic carbocycles. The van der Waals surface area contributed by atoms with E-state index in [1.54, 1.807) is 0 Å². The van der Waals surface area contributed by atoms with Gasteiger partial charge in [-0.05, 0) is 49.2 Å². The minimum absolute atomic E-state index is 0.0295. The number of carbonyl (C=O) groups excluding carboxylic acids is 3. The first-order valence-electron chi connectivity index (χ1n) is 14.4. The van der Waals surface area contributed by atoms with Crippen molar-refractivity contribution in [1.29, 1.82) is 0 Å². The van der Waals surface area contributed by atoms with Crippen LogP contribution in [-0.2, 0) is 9.59 Å². The van der Waals surface area contributed by atoms with E-state index >= 15 is 0 Å². The molecule has 5 rings (SSSR count). The van der Waals surface area contributed by atoms with Crippen molar-refractivity contribution in [2.24, 2.45) is 5.92 Å². The second kappa shape index (κ2) is 13.7. The Morgan fingerprint density at radius 1 is 0.857 bits per heavy atom. The van der Waals surface area contributed by atoms with Gasteiger partial charge in [-0.2, -0.15) is 0 Å². The molecule has 42 heavy (non-hydrogen) atoms. The summed E-state index contributed by atoms with van der Waals surface area (Å²) in [6, 6.07) is 18.6. The minimum Gasteiger partial charge on any atom is -0.368 e. The van der Waals surface area contributed by atoms with Crippen LogP contribution in [0.2, 0.25) is 5.02 Å². The maximum Gasteiger partial charge on any atom is 0.253 e. The first kappa shape index (κ1) is 29.3. The molecule has 2 N–H and O–H groups in total. The van der Waals surface area contributed by atoms with Gasteiger partial charge in [-0.15, -0.1) is 0 Å². The van der Waals surface area contributed by atoms with E-state index in [0.29, 0.717) is 87.4 Å². The molecule has 0 unspecified atom stereocenters. The van der Waals surface area contributed by atoms with Gasteiger partial charge in [-0.3, -0.25) is 14.4 Å². The van der Waals surface area contributed by atoms with Crippen LogP contribution in [0.1, 0.15) is 30.1 Å². The molecule has 2 aliphatic heterocycles. The number of rotatable bonds is 8. The monoisotopic (exact) mass is 589 g/mol. The third-order valence-electron chi connectivity index (χ3n) is 7.69. The number of benzene rings is 2. The Morgan fingerprint density at radius 3 is 2.21 bits per heavy atom. The standard InChI is InChI=1S/C31H36ClN7O3/c1-22(40)33-13-14-34-27-21-28(36-29(35-27)23-7-9-26(32)10-8-23)37-17-19-39(20-18-37)31(42)25-11-15-38(16-12-25)30(41)24-5-3-2-4-6-24/h2-10,21,25H,11-20H2,1H3,(H,33,40)(H,34,35,36). The third kappa shape index (κ3) is 7.36. The fourth-order valence-electron chi connectivity index (χ4n) is 5.35. The van der Waals surface area contributed by atoms with Crippen molar-refractivity contribution in [1.82, 2.24) is 25.1 Å². The fraction of sp³-hybridized carbons (Fsp3) is 0.387. The number of nitrogens with one attached hydrogen (secondary N) is 2. The van der Waals surface area contributed by atoms with Gasteiger partial charge in [0, 0.05) is 87.4 Å². The van der Waals surface area contributed by atoms with Gasteiger partial charge in [0.1, 0.15) is 11.6 Å². The summed E-state index contributed by atoms with van der Waals surface area (Å²) in [5.74, 6) is 2.06. The summed E-state index contributed by atoms with van der Waals surface area (Å²) >= 11 is 6.09. The van der Waals surface area contributed by atoms with Crippen molar-refractivity contribution in [2.45, 2.75) is 19.8 Å². The van der Waals surface area contributed by atoms with Crippen LogP contribution < -0.4 is 15.5 Å². The zero-order chi connectivity index (χ0) is 29.5. The number of piperazine rings is 1. The van der Waals surface area contributed by atoms with Crippen LogP contribution in [0.25, 0.3) is 11.4 Å². The zero-order valence-electron chi connectivity index (χ0n) is 23.8. The first-order chi connectivity index (χ1) is 20.4. The molecule has 11 heteroatoms. The number of amides is 3. The number of aromatic nitrogens is 2. The normalized spacial score (nSPS) is 15.8. The van der Waals surface area contributed by atoms with Gasteiger partial charge in [0.15, 0.2) is 5.82 Å². The Bertz CT molecular complexity index is 1390. The van der Waals surface area contributed by atoms with Gasteiger partial charge in [0.2, 0.25) is 11.8 Å². The highest BCUT2D eigenvalue weighted by Gasteiger charge is 2.32. The Labute approximate surface area is 251 Å². The molecule has 0 radical (unpaired) electrons. The van der Waals surface area contributed by atoms with Crippen LogP contribution in [0.3, 0.4) is 0 Å². The first-order valence-corrected chi connectivity index (χ1v) is 14.8. The molecule has 220 valence electrons. The molecule has 10 nitrogen and oxygen atoms in total. The van der Waals surface area contributed by atoms with E-state index in [9.17, 15) is 14.4 Å². The molecule has 2 aromatic carbocycles. The van der Waals surface area contributed by atoms with E-state index in [-0.39, 0.29) is 23.6 Å². The van der Waals surface area contributed by atoms with Crippen molar-refractivity contribution in [3.63, 3.8) is 0 Å². The topological polar surface area (TPSA) is 111 Å². The SMILES string of the molecule is CC(=O)NCCNc1cc(N2CCN(C(=O)C3CCN(C(=O)c4ccccc4)CC3)CC2)nc(-c2ccc(Cl)cc2)n1. The van der Waals surface area contributed by atoms with Crippen molar-refractivity contribution >= 4 is 41.0 Å². The Hall–Kier alpha value is -4.18. The second-order valence-electron chi connectivity index (χ2n) is 10.6. The average Bonchev–Trinajstić information content (AvgIpc) is 3.03. The molecule has 0 saturated carbocycles. The molecule has 3 aromatic rings. The van der Waals surface area contributed by atoms with Gasteiger partial charge in [-0.25, -0.2) is 9.97 Å². The summed E-state index contributed by atoms with van der Waals surface area (Å²) in [5, 5.41) is 6.70. The molecule has 3 amide bonds. The number of nitrogens with zero attached hydrogens (tertiary/aromatic N) is 5. The summed E-state index contributed by atoms with van der Waals surface area (Å²) in [6.45, 7) is 6.19. The predicted molar refractivity (Wildman–Crippen MR) is 164 cm³/mol. The van der Waals surface area contributed by atoms with Crippen molar-refractivity contribution in [3.8, 4) is 11.4 Å². The lowest BCUT2D eigenvalue weighted by Crippen LogP contribution is -2.52. The molecule has 0 bridgehead atoms. The highest BCUT2D eigenvalue weighted by atomic mass is 35.5. The molecule has 1 aromatic heterocycles. The smallest absolute Gasteiger partial charge is 0.253 e. The van der Waals surface area contributed by atoms with Crippen LogP contribution in [-0.4, -0.2) is 89.8 Å². The summed E-state index contributed by atoms with van der Waals surface area (Å²) in [7, 11) is 0. The molecular formula is C31H36ClN7O3. The van der Waals surface area contributed by atoms with E-state index in [4.69, 9.17) is 16.6 Å². The van der Waals surface area contributed by atoms with Crippen molar-refractivity contribution in [2.75, 3.05) is 62.6 Å². The van der Waals surface area contributed by atoms with Crippen molar-refractivity contribution < 1.29 is 14.4 Å². The minimum atomic E-state index is -0.0827. The maximum atomic E-state index is 13.4. The molecule has 2 aliphatic rings. The van der Waals surface area contributed by atoms with Crippen LogP contribution in [0.4, 0.5) is 11.6 Å². The lowest BCUT2D eigenvalue weighted by atomic mass is 9.94. The van der Waals surface area contributed by atoms with E-state index in [0.717, 1.165) is 11.4 Å². The number of hydrogen-bond acceptors (Lipinski definition) is 7. The van der Waals surface area contributed by atoms with Crippen LogP contribution in [0.5, 0.6) is 0 Å². The van der Waals surface area contributed by atoms with Crippen molar-refractivity contribution in [3.05, 3.63) is 71.2 Å². The molecular weight excluding hydrogens is 554 g/mol. The Kier molecular flexibility index (Phi) is 9.53. The van der Waals surface area contributed by atoms with Crippen LogP contribution in [0.15, 0.2) is 60.7 Å². The lowest BCUT2D eigenvalue weighted by molar-refractivity contribution is -0.137. The summed E-state index contributed by atoms with van der Waals surface area (Å²) in [6.07, 6.45) is 1.36. The molecule has 0 atom stereocenters. The van der Waals surface area contributed by atoms with Gasteiger partial charge >= 0.3 is 0 Å². The average molecular weight is 590 g/mol. The van der Waals surface area contributed by atoms with E-state index < -0.39 is 0 Å². The number of halogens is 1. The number of likely N-dealkylation sites (tertiary alicyclic amines) is 1. The highest BCUT2D eigenvalue weighted by Crippen LogP contribution is 2.26. The van der Waals surface area contributed by atoms with Gasteiger partial charge < -0.3 is 25.3 Å². The molecule has 2 fully saturated rings. The number of piperidine rings is 1. The van der Waals surface area contributed by atoms with Gasteiger partial charge in [0.05, 0.1) is 0 Å². The predicted octanol–water partition coefficient (Wildman–Crippen LogP) is 3.55.